The van der Waals surface area contributed by atoms with Gasteiger partial charge in [-0.3, -0.25) is 14.6 Å². The van der Waals surface area contributed by atoms with E-state index in [-0.39, 0.29) is 17.3 Å². The van der Waals surface area contributed by atoms with E-state index in [0.717, 1.165) is 23.4 Å². The molecular formula is C24H26F3N5O2. The first-order valence-electron chi connectivity index (χ1n) is 11.0. The fourth-order valence-corrected chi connectivity index (χ4v) is 3.79. The van der Waals surface area contributed by atoms with Crippen molar-refractivity contribution in [2.75, 3.05) is 38.0 Å². The minimum Gasteiger partial charge on any atom is -0.338 e. The van der Waals surface area contributed by atoms with E-state index in [1.165, 1.54) is 17.7 Å². The average molecular weight is 473 g/mol. The largest absolute Gasteiger partial charge is 0.416 e. The van der Waals surface area contributed by atoms with Gasteiger partial charge in [0.25, 0.3) is 0 Å². The lowest BCUT2D eigenvalue weighted by molar-refractivity contribution is -0.137. The molecule has 1 saturated heterocycles. The van der Waals surface area contributed by atoms with Crippen LogP contribution < -0.4 is 5.32 Å². The molecule has 0 unspecified atom stereocenters. The molecule has 0 radical (unpaired) electrons. The number of rotatable bonds is 6. The number of piperazine rings is 1. The molecule has 0 saturated carbocycles. The lowest BCUT2D eigenvalue weighted by atomic mass is 10.1. The number of hydrogen-bond donors (Lipinski definition) is 1. The summed E-state index contributed by atoms with van der Waals surface area (Å²) in [6.07, 6.45) is -4.43. The number of amides is 1. The molecule has 2 aromatic carbocycles. The van der Waals surface area contributed by atoms with E-state index in [4.69, 9.17) is 4.52 Å². The topological polar surface area (TPSA) is 74.5 Å². The van der Waals surface area contributed by atoms with Crippen molar-refractivity contribution in [2.45, 2.75) is 26.6 Å². The first-order valence-corrected chi connectivity index (χ1v) is 11.0. The molecule has 180 valence electrons. The molecule has 0 spiro atoms. The smallest absolute Gasteiger partial charge is 0.338 e. The number of anilines is 1. The van der Waals surface area contributed by atoms with Crippen molar-refractivity contribution in [3.63, 3.8) is 0 Å². The number of hydrogen-bond acceptors (Lipinski definition) is 6. The maximum absolute atomic E-state index is 12.9. The van der Waals surface area contributed by atoms with E-state index >= 15 is 0 Å². The maximum Gasteiger partial charge on any atom is 0.416 e. The monoisotopic (exact) mass is 473 g/mol. The zero-order valence-electron chi connectivity index (χ0n) is 19.0. The van der Waals surface area contributed by atoms with Crippen LogP contribution in [0.4, 0.5) is 18.9 Å². The molecule has 4 rings (SSSR count). The van der Waals surface area contributed by atoms with Crippen LogP contribution in [0.5, 0.6) is 0 Å². The van der Waals surface area contributed by atoms with Crippen LogP contribution >= 0.6 is 0 Å². The number of halogens is 3. The summed E-state index contributed by atoms with van der Waals surface area (Å²) in [5.41, 5.74) is 2.60. The maximum atomic E-state index is 12.9. The molecule has 0 aliphatic carbocycles. The third-order valence-corrected chi connectivity index (χ3v) is 5.90. The fourth-order valence-electron chi connectivity index (χ4n) is 3.79. The first-order chi connectivity index (χ1) is 16.2. The van der Waals surface area contributed by atoms with Gasteiger partial charge in [-0.1, -0.05) is 23.4 Å². The van der Waals surface area contributed by atoms with E-state index < -0.39 is 11.7 Å². The van der Waals surface area contributed by atoms with Crippen LogP contribution in [0.1, 0.15) is 22.6 Å². The van der Waals surface area contributed by atoms with Gasteiger partial charge in [0.05, 0.1) is 18.7 Å². The Bertz CT molecular complexity index is 1150. The lowest BCUT2D eigenvalue weighted by Gasteiger charge is -2.33. The second-order valence-electron chi connectivity index (χ2n) is 8.49. The fraction of sp³-hybridized carbons (Fsp3) is 0.375. The van der Waals surface area contributed by atoms with Crippen molar-refractivity contribution in [3.8, 4) is 11.4 Å². The molecule has 0 bridgehead atoms. The molecule has 1 aliphatic rings. The van der Waals surface area contributed by atoms with Crippen molar-refractivity contribution < 1.29 is 22.5 Å². The quantitative estimate of drug-likeness (QED) is 0.581. The predicted octanol–water partition coefficient (Wildman–Crippen LogP) is 4.13. The van der Waals surface area contributed by atoms with E-state index in [1.807, 2.05) is 32.0 Å². The van der Waals surface area contributed by atoms with Crippen molar-refractivity contribution in [1.82, 2.24) is 19.9 Å². The van der Waals surface area contributed by atoms with Gasteiger partial charge in [0.1, 0.15) is 0 Å². The summed E-state index contributed by atoms with van der Waals surface area (Å²) in [5.74, 6) is 0.412. The molecule has 1 amide bonds. The number of nitrogens with zero attached hydrogens (tertiary/aromatic N) is 4. The third-order valence-electron chi connectivity index (χ3n) is 5.90. The number of alkyl halides is 3. The van der Waals surface area contributed by atoms with Crippen molar-refractivity contribution in [3.05, 3.63) is 65.0 Å². The van der Waals surface area contributed by atoms with Crippen molar-refractivity contribution in [2.24, 2.45) is 0 Å². The minimum absolute atomic E-state index is 0.0562. The molecule has 2 heterocycles. The Morgan fingerprint density at radius 3 is 2.47 bits per heavy atom. The van der Waals surface area contributed by atoms with Crippen LogP contribution in [-0.2, 0) is 17.5 Å². The van der Waals surface area contributed by atoms with Gasteiger partial charge in [0, 0.05) is 37.4 Å². The number of aryl methyl sites for hydroxylation is 2. The molecule has 1 fully saturated rings. The van der Waals surface area contributed by atoms with Crippen molar-refractivity contribution in [1.29, 1.82) is 0 Å². The van der Waals surface area contributed by atoms with Gasteiger partial charge in [0.2, 0.25) is 17.6 Å². The summed E-state index contributed by atoms with van der Waals surface area (Å²) in [4.78, 5) is 20.9. The van der Waals surface area contributed by atoms with Gasteiger partial charge in [0.15, 0.2) is 0 Å². The summed E-state index contributed by atoms with van der Waals surface area (Å²) in [6.45, 7) is 7.56. The molecule has 1 aliphatic heterocycles. The Hall–Kier alpha value is -3.24. The molecule has 10 heteroatoms. The second-order valence-corrected chi connectivity index (χ2v) is 8.49. The van der Waals surface area contributed by atoms with Gasteiger partial charge < -0.3 is 9.84 Å². The minimum atomic E-state index is -4.43. The SMILES string of the molecule is Cc1ccc(NC(=O)CN2CCN(Cc3nc(-c4cccc(C(F)(F)F)c4)no3)CC2)cc1C. The second kappa shape index (κ2) is 9.94. The number of carbonyl (C=O) groups is 1. The molecule has 34 heavy (non-hydrogen) atoms. The van der Waals surface area contributed by atoms with Crippen LogP contribution in [0.2, 0.25) is 0 Å². The average Bonchev–Trinajstić information content (AvgIpc) is 3.26. The van der Waals surface area contributed by atoms with Gasteiger partial charge >= 0.3 is 6.18 Å². The Balaban J connectivity index is 1.26. The zero-order valence-corrected chi connectivity index (χ0v) is 19.0. The number of aromatic nitrogens is 2. The molecule has 1 N–H and O–H groups in total. The molecule has 7 nitrogen and oxygen atoms in total. The Morgan fingerprint density at radius 1 is 1.03 bits per heavy atom. The lowest BCUT2D eigenvalue weighted by Crippen LogP contribution is -2.48. The third kappa shape index (κ3) is 6.00. The molecule has 1 aromatic heterocycles. The van der Waals surface area contributed by atoms with Crippen LogP contribution in [0.15, 0.2) is 47.0 Å². The number of carbonyl (C=O) groups excluding carboxylic acids is 1. The van der Waals surface area contributed by atoms with Gasteiger partial charge in [-0.25, -0.2) is 0 Å². The van der Waals surface area contributed by atoms with Crippen LogP contribution in [-0.4, -0.2) is 58.6 Å². The zero-order chi connectivity index (χ0) is 24.3. The summed E-state index contributed by atoms with van der Waals surface area (Å²) >= 11 is 0. The highest BCUT2D eigenvalue weighted by Gasteiger charge is 2.31. The molecule has 0 atom stereocenters. The number of nitrogens with one attached hydrogen (secondary N) is 1. The standard InChI is InChI=1S/C24H26F3N5O2/c1-16-6-7-20(12-17(16)2)28-21(33)14-31-8-10-32(11-9-31)15-22-29-23(30-34-22)18-4-3-5-19(13-18)24(25,26)27/h3-7,12-13H,8-11,14-15H2,1-2H3,(H,28,33). The van der Waals surface area contributed by atoms with Gasteiger partial charge in [-0.2, -0.15) is 18.2 Å². The molecular weight excluding hydrogens is 447 g/mol. The van der Waals surface area contributed by atoms with E-state index in [9.17, 15) is 18.0 Å². The predicted molar refractivity (Wildman–Crippen MR) is 121 cm³/mol. The molecule has 3 aromatic rings. The summed E-state index contributed by atoms with van der Waals surface area (Å²) in [6, 6.07) is 10.7. The van der Waals surface area contributed by atoms with E-state index in [0.29, 0.717) is 45.2 Å². The van der Waals surface area contributed by atoms with Gasteiger partial charge in [-0.05, 0) is 49.2 Å². The van der Waals surface area contributed by atoms with Crippen LogP contribution in [0.25, 0.3) is 11.4 Å². The highest BCUT2D eigenvalue weighted by Crippen LogP contribution is 2.31. The normalized spacial score (nSPS) is 15.4. The van der Waals surface area contributed by atoms with Gasteiger partial charge in [-0.15, -0.1) is 0 Å². The summed E-state index contributed by atoms with van der Waals surface area (Å²) in [7, 11) is 0. The Morgan fingerprint density at radius 2 is 1.76 bits per heavy atom. The van der Waals surface area contributed by atoms with E-state index in [2.05, 4.69) is 25.3 Å². The summed E-state index contributed by atoms with van der Waals surface area (Å²) in [5, 5.41) is 6.78. The van der Waals surface area contributed by atoms with Crippen molar-refractivity contribution >= 4 is 11.6 Å². The number of benzene rings is 2. The highest BCUT2D eigenvalue weighted by atomic mass is 19.4. The van der Waals surface area contributed by atoms with Crippen LogP contribution in [0.3, 0.4) is 0 Å². The summed E-state index contributed by atoms with van der Waals surface area (Å²) < 4.78 is 44.1. The first kappa shape index (κ1) is 23.9. The Kier molecular flexibility index (Phi) is 6.99. The van der Waals surface area contributed by atoms with E-state index in [1.54, 1.807) is 0 Å². The van der Waals surface area contributed by atoms with Crippen LogP contribution in [0, 0.1) is 13.8 Å². The highest BCUT2D eigenvalue weighted by molar-refractivity contribution is 5.92. The Labute approximate surface area is 195 Å².